The zero-order valence-corrected chi connectivity index (χ0v) is 15.7. The van der Waals surface area contributed by atoms with Crippen molar-refractivity contribution in [2.45, 2.75) is 19.4 Å². The average Bonchev–Trinajstić information content (AvgIpc) is 2.67. The molecule has 0 fully saturated rings. The first-order valence-electron chi connectivity index (χ1n) is 8.75. The van der Waals surface area contributed by atoms with E-state index in [1.165, 1.54) is 6.07 Å². The molecule has 27 heavy (non-hydrogen) atoms. The van der Waals surface area contributed by atoms with Crippen molar-refractivity contribution in [1.82, 2.24) is 5.01 Å². The number of carbonyl (C=O) groups is 1. The number of rotatable bonds is 3. The van der Waals surface area contributed by atoms with Crippen molar-refractivity contribution in [1.29, 1.82) is 0 Å². The van der Waals surface area contributed by atoms with Crippen LogP contribution in [0.2, 0.25) is 0 Å². The first-order valence-corrected chi connectivity index (χ1v) is 9.74. The van der Waals surface area contributed by atoms with Crippen molar-refractivity contribution in [2.75, 3.05) is 18.1 Å². The molecule has 5 nitrogen and oxygen atoms in total. The van der Waals surface area contributed by atoms with Crippen molar-refractivity contribution in [3.63, 3.8) is 0 Å². The van der Waals surface area contributed by atoms with Gasteiger partial charge in [0.05, 0.1) is 12.3 Å². The molecule has 0 radical (unpaired) electrons. The Labute approximate surface area is 161 Å². The van der Waals surface area contributed by atoms with Crippen molar-refractivity contribution in [3.05, 3.63) is 65.0 Å². The molecule has 0 bridgehead atoms. The SMILES string of the molecule is CN1N=C(c2cc3c(cc2F)NC(=O)CC3)CSC1=NCc1ccccc1. The molecule has 4 rings (SSSR count). The van der Waals surface area contributed by atoms with E-state index in [0.29, 0.717) is 42.1 Å². The van der Waals surface area contributed by atoms with E-state index < -0.39 is 0 Å². The molecule has 138 valence electrons. The third-order valence-electron chi connectivity index (χ3n) is 4.52. The van der Waals surface area contributed by atoms with Gasteiger partial charge in [-0.05, 0) is 29.7 Å². The molecule has 2 aromatic carbocycles. The Bertz CT molecular complexity index is 942. The smallest absolute Gasteiger partial charge is 0.224 e. The van der Waals surface area contributed by atoms with E-state index in [1.54, 1.807) is 16.8 Å². The summed E-state index contributed by atoms with van der Waals surface area (Å²) in [5.74, 6) is 0.118. The minimum Gasteiger partial charge on any atom is -0.326 e. The summed E-state index contributed by atoms with van der Waals surface area (Å²) in [4.78, 5) is 16.1. The number of fused-ring (bicyclic) bond motifs is 1. The molecule has 0 saturated heterocycles. The molecule has 7 heteroatoms. The fourth-order valence-corrected chi connectivity index (χ4v) is 3.99. The van der Waals surface area contributed by atoms with Gasteiger partial charge in [0.15, 0.2) is 5.17 Å². The summed E-state index contributed by atoms with van der Waals surface area (Å²) in [6.45, 7) is 0.589. The van der Waals surface area contributed by atoms with Gasteiger partial charge in [0.1, 0.15) is 5.82 Å². The Hall–Kier alpha value is -2.67. The van der Waals surface area contributed by atoms with Gasteiger partial charge in [-0.25, -0.2) is 9.40 Å². The standard InChI is InChI=1S/C20H19FN4OS/c1-25-20(22-11-13-5-3-2-4-6-13)27-12-18(24-25)15-9-14-7-8-19(26)23-17(14)10-16(15)21/h2-6,9-10H,7-8,11-12H2,1H3,(H,23,26). The highest BCUT2D eigenvalue weighted by Gasteiger charge is 2.23. The molecule has 1 amide bonds. The second kappa shape index (κ2) is 7.52. The summed E-state index contributed by atoms with van der Waals surface area (Å²) >= 11 is 1.55. The largest absolute Gasteiger partial charge is 0.326 e. The number of aryl methyl sites for hydroxylation is 1. The molecule has 2 aliphatic rings. The van der Waals surface area contributed by atoms with Gasteiger partial charge in [-0.3, -0.25) is 9.79 Å². The maximum absolute atomic E-state index is 14.6. The fourth-order valence-electron chi connectivity index (χ4n) is 3.12. The zero-order chi connectivity index (χ0) is 18.8. The quantitative estimate of drug-likeness (QED) is 0.882. The monoisotopic (exact) mass is 382 g/mol. The molecule has 2 heterocycles. The summed E-state index contributed by atoms with van der Waals surface area (Å²) < 4.78 is 14.6. The predicted octanol–water partition coefficient (Wildman–Crippen LogP) is 3.65. The molecular formula is C20H19FN4OS. The van der Waals surface area contributed by atoms with Crippen LogP contribution in [0, 0.1) is 5.82 Å². The second-order valence-electron chi connectivity index (χ2n) is 6.48. The van der Waals surface area contributed by atoms with E-state index in [4.69, 9.17) is 0 Å². The number of thioether (sulfide) groups is 1. The van der Waals surface area contributed by atoms with Crippen LogP contribution >= 0.6 is 11.8 Å². The molecule has 0 aliphatic carbocycles. The highest BCUT2D eigenvalue weighted by atomic mass is 32.2. The van der Waals surface area contributed by atoms with E-state index in [2.05, 4.69) is 15.4 Å². The Morgan fingerprint density at radius 2 is 2.07 bits per heavy atom. The molecule has 2 aliphatic heterocycles. The molecule has 0 saturated carbocycles. The zero-order valence-electron chi connectivity index (χ0n) is 14.9. The molecule has 0 unspecified atom stereocenters. The highest BCUT2D eigenvalue weighted by molar-refractivity contribution is 8.14. The normalized spacial score (nSPS) is 18.1. The molecule has 0 atom stereocenters. The average molecular weight is 382 g/mol. The van der Waals surface area contributed by atoms with Crippen LogP contribution in [0.15, 0.2) is 52.6 Å². The second-order valence-corrected chi connectivity index (χ2v) is 7.42. The van der Waals surface area contributed by atoms with Crippen LogP contribution in [0.25, 0.3) is 0 Å². The maximum Gasteiger partial charge on any atom is 0.224 e. The fraction of sp³-hybridized carbons (Fsp3) is 0.250. The molecule has 0 aromatic heterocycles. The van der Waals surface area contributed by atoms with E-state index >= 15 is 0 Å². The number of benzene rings is 2. The topological polar surface area (TPSA) is 57.1 Å². The maximum atomic E-state index is 14.6. The lowest BCUT2D eigenvalue weighted by Crippen LogP contribution is -2.28. The van der Waals surface area contributed by atoms with Crippen LogP contribution in [-0.2, 0) is 17.8 Å². The van der Waals surface area contributed by atoms with Crippen LogP contribution in [0.4, 0.5) is 10.1 Å². The molecular weight excluding hydrogens is 363 g/mol. The lowest BCUT2D eigenvalue weighted by Gasteiger charge is -2.24. The number of nitrogens with one attached hydrogen (secondary N) is 1. The number of nitrogens with zero attached hydrogens (tertiary/aromatic N) is 3. The van der Waals surface area contributed by atoms with E-state index in [1.807, 2.05) is 43.4 Å². The van der Waals surface area contributed by atoms with Crippen LogP contribution < -0.4 is 5.32 Å². The summed E-state index contributed by atoms with van der Waals surface area (Å²) in [7, 11) is 1.83. The number of aliphatic imine (C=N–C) groups is 1. The first kappa shape index (κ1) is 17.7. The van der Waals surface area contributed by atoms with E-state index in [-0.39, 0.29) is 11.7 Å². The predicted molar refractivity (Wildman–Crippen MR) is 108 cm³/mol. The number of amides is 1. The Kier molecular flexibility index (Phi) is 4.94. The van der Waals surface area contributed by atoms with Crippen LogP contribution in [0.1, 0.15) is 23.1 Å². The van der Waals surface area contributed by atoms with Gasteiger partial charge < -0.3 is 5.32 Å². The first-order chi connectivity index (χ1) is 13.1. The highest BCUT2D eigenvalue weighted by Crippen LogP contribution is 2.28. The van der Waals surface area contributed by atoms with E-state index in [0.717, 1.165) is 16.3 Å². The molecule has 2 aromatic rings. The summed E-state index contributed by atoms with van der Waals surface area (Å²) in [6, 6.07) is 13.2. The Morgan fingerprint density at radius 3 is 2.85 bits per heavy atom. The number of carbonyl (C=O) groups excluding carboxylic acids is 1. The summed E-state index contributed by atoms with van der Waals surface area (Å²) in [6.07, 6.45) is 1.05. The van der Waals surface area contributed by atoms with Crippen LogP contribution in [0.5, 0.6) is 0 Å². The van der Waals surface area contributed by atoms with Gasteiger partial charge in [0.2, 0.25) is 5.91 Å². The lowest BCUT2D eigenvalue weighted by molar-refractivity contribution is -0.116. The number of halogens is 1. The third kappa shape index (κ3) is 3.88. The van der Waals surface area contributed by atoms with Crippen molar-refractivity contribution < 1.29 is 9.18 Å². The van der Waals surface area contributed by atoms with Gasteiger partial charge in [-0.2, -0.15) is 5.10 Å². The number of hydrazone groups is 1. The van der Waals surface area contributed by atoms with Crippen LogP contribution in [-0.4, -0.2) is 34.6 Å². The Balaban J connectivity index is 1.55. The number of hydrogen-bond acceptors (Lipinski definition) is 4. The third-order valence-corrected chi connectivity index (χ3v) is 5.59. The van der Waals surface area contributed by atoms with Crippen molar-refractivity contribution in [2.24, 2.45) is 10.1 Å². The number of anilines is 1. The molecule has 0 spiro atoms. The van der Waals surface area contributed by atoms with Crippen LogP contribution in [0.3, 0.4) is 0 Å². The molecule has 1 N–H and O–H groups in total. The van der Waals surface area contributed by atoms with Crippen molar-refractivity contribution in [3.8, 4) is 0 Å². The van der Waals surface area contributed by atoms with Gasteiger partial charge in [0, 0.05) is 30.5 Å². The van der Waals surface area contributed by atoms with Gasteiger partial charge in [-0.1, -0.05) is 42.1 Å². The van der Waals surface area contributed by atoms with Gasteiger partial charge in [0.25, 0.3) is 0 Å². The van der Waals surface area contributed by atoms with Gasteiger partial charge in [-0.15, -0.1) is 0 Å². The van der Waals surface area contributed by atoms with Crippen molar-refractivity contribution >= 4 is 34.2 Å². The van der Waals surface area contributed by atoms with Gasteiger partial charge >= 0.3 is 0 Å². The summed E-state index contributed by atoms with van der Waals surface area (Å²) in [5.41, 5.74) is 3.82. The minimum absolute atomic E-state index is 0.0702. The number of hydrogen-bond donors (Lipinski definition) is 1. The summed E-state index contributed by atoms with van der Waals surface area (Å²) in [5, 5.41) is 9.78. The minimum atomic E-state index is -0.367. The van der Waals surface area contributed by atoms with E-state index in [9.17, 15) is 9.18 Å². The Morgan fingerprint density at radius 1 is 1.26 bits per heavy atom. The lowest BCUT2D eigenvalue weighted by atomic mass is 9.98. The number of amidine groups is 1.